The van der Waals surface area contributed by atoms with Gasteiger partial charge in [0.05, 0.1) is 32.7 Å². The van der Waals surface area contributed by atoms with Crippen LogP contribution in [0.5, 0.6) is 11.6 Å². The monoisotopic (exact) mass is 455 g/mol. The molecule has 0 spiro atoms. The predicted octanol–water partition coefficient (Wildman–Crippen LogP) is 3.03. The number of benzene rings is 1. The van der Waals surface area contributed by atoms with Crippen LogP contribution in [-0.4, -0.2) is 42.6 Å². The largest absolute Gasteiger partial charge is 0.495 e. The Morgan fingerprint density at radius 1 is 1.16 bits per heavy atom. The molecule has 0 radical (unpaired) electrons. The van der Waals surface area contributed by atoms with Crippen molar-refractivity contribution in [2.24, 2.45) is 0 Å². The minimum atomic E-state index is -4.10. The first kappa shape index (κ1) is 19.9. The molecule has 0 aliphatic carbocycles. The smallest absolute Gasteiger partial charge is 0.266 e. The van der Waals surface area contributed by atoms with E-state index in [0.717, 1.165) is 0 Å². The van der Waals surface area contributed by atoms with Gasteiger partial charge in [-0.1, -0.05) is 5.16 Å². The Morgan fingerprint density at radius 3 is 2.78 bits per heavy atom. The van der Waals surface area contributed by atoms with E-state index in [1.807, 2.05) is 0 Å². The molecule has 0 saturated carbocycles. The van der Waals surface area contributed by atoms with E-state index in [-0.39, 0.29) is 22.3 Å². The SMILES string of the molecule is COc1cc2occc2cc1S(=O)(=O)Nc1noc2cc(Cn3cccn3)nc(OC)c12. The molecule has 0 bridgehead atoms. The first-order valence-electron chi connectivity index (χ1n) is 9.37. The summed E-state index contributed by atoms with van der Waals surface area (Å²) in [4.78, 5) is 4.37. The molecule has 1 aromatic carbocycles. The average Bonchev–Trinajstić information content (AvgIpc) is 3.53. The zero-order valence-electron chi connectivity index (χ0n) is 17.0. The van der Waals surface area contributed by atoms with Crippen molar-refractivity contribution in [1.82, 2.24) is 19.9 Å². The van der Waals surface area contributed by atoms with Crippen LogP contribution in [0.25, 0.3) is 21.9 Å². The highest BCUT2D eigenvalue weighted by Gasteiger charge is 2.26. The maximum absolute atomic E-state index is 13.2. The second-order valence-electron chi connectivity index (χ2n) is 6.80. The van der Waals surface area contributed by atoms with Gasteiger partial charge in [-0.3, -0.25) is 9.40 Å². The molecule has 0 amide bonds. The van der Waals surface area contributed by atoms with Crippen LogP contribution in [0.3, 0.4) is 0 Å². The van der Waals surface area contributed by atoms with Gasteiger partial charge in [-0.2, -0.15) is 5.10 Å². The molecule has 1 N–H and O–H groups in total. The maximum atomic E-state index is 13.2. The van der Waals surface area contributed by atoms with Crippen molar-refractivity contribution in [2.75, 3.05) is 18.9 Å². The summed E-state index contributed by atoms with van der Waals surface area (Å²) in [5, 5.41) is 8.95. The molecule has 0 aliphatic rings. The van der Waals surface area contributed by atoms with E-state index in [9.17, 15) is 8.42 Å². The molecule has 0 aliphatic heterocycles. The Balaban J connectivity index is 1.55. The summed E-state index contributed by atoms with van der Waals surface area (Å²) < 4.78 is 51.9. The van der Waals surface area contributed by atoms with Gasteiger partial charge in [0.25, 0.3) is 10.0 Å². The van der Waals surface area contributed by atoms with Crippen molar-refractivity contribution in [3.63, 3.8) is 0 Å². The van der Waals surface area contributed by atoms with Crippen LogP contribution in [0.1, 0.15) is 5.69 Å². The quantitative estimate of drug-likeness (QED) is 0.393. The minimum Gasteiger partial charge on any atom is -0.495 e. The van der Waals surface area contributed by atoms with Crippen LogP contribution in [0.2, 0.25) is 0 Å². The first-order valence-corrected chi connectivity index (χ1v) is 10.9. The standard InChI is InChI=1S/C20H17N5O6S/c1-28-15-10-14-12(4-7-30-14)8-17(15)32(26,27)24-19-18-16(31-23-19)9-13(22-20(18)29-2)11-25-6-3-5-21-25/h3-10H,11H2,1-2H3,(H,23,24). The third-order valence-corrected chi connectivity index (χ3v) is 6.17. The number of hydrogen-bond acceptors (Lipinski definition) is 9. The fraction of sp³-hybridized carbons (Fsp3) is 0.150. The first-order chi connectivity index (χ1) is 15.5. The Hall–Kier alpha value is -4.06. The third-order valence-electron chi connectivity index (χ3n) is 4.81. The van der Waals surface area contributed by atoms with Crippen molar-refractivity contribution in [3.05, 3.63) is 54.7 Å². The van der Waals surface area contributed by atoms with Gasteiger partial charge in [0.2, 0.25) is 5.88 Å². The van der Waals surface area contributed by atoms with E-state index in [0.29, 0.717) is 34.2 Å². The van der Waals surface area contributed by atoms with E-state index in [2.05, 4.69) is 20.0 Å². The summed E-state index contributed by atoms with van der Waals surface area (Å²) in [6, 6.07) is 8.08. The van der Waals surface area contributed by atoms with E-state index < -0.39 is 10.0 Å². The van der Waals surface area contributed by atoms with E-state index in [1.165, 1.54) is 32.6 Å². The number of sulfonamides is 1. The third kappa shape index (κ3) is 3.39. The summed E-state index contributed by atoms with van der Waals surface area (Å²) in [5.74, 6) is 0.240. The van der Waals surface area contributed by atoms with Gasteiger partial charge < -0.3 is 18.4 Å². The van der Waals surface area contributed by atoms with Crippen LogP contribution in [-0.2, 0) is 16.6 Å². The van der Waals surface area contributed by atoms with Gasteiger partial charge in [0.1, 0.15) is 21.6 Å². The number of aromatic nitrogens is 4. The molecule has 4 heterocycles. The van der Waals surface area contributed by atoms with Crippen LogP contribution >= 0.6 is 0 Å². The van der Waals surface area contributed by atoms with Gasteiger partial charge in [-0.15, -0.1) is 0 Å². The van der Waals surface area contributed by atoms with Crippen LogP contribution in [0.15, 0.2) is 62.8 Å². The number of furan rings is 1. The summed E-state index contributed by atoms with van der Waals surface area (Å²) >= 11 is 0. The normalized spacial score (nSPS) is 11.8. The molecule has 0 fully saturated rings. The molecule has 0 saturated heterocycles. The number of anilines is 1. The van der Waals surface area contributed by atoms with Crippen LogP contribution in [0.4, 0.5) is 5.82 Å². The van der Waals surface area contributed by atoms with Gasteiger partial charge >= 0.3 is 0 Å². The Kier molecular flexibility index (Phi) is 4.70. The number of nitrogens with one attached hydrogen (secondary N) is 1. The zero-order valence-corrected chi connectivity index (χ0v) is 17.8. The number of rotatable bonds is 7. The lowest BCUT2D eigenvalue weighted by Gasteiger charge is -2.11. The number of ether oxygens (including phenoxy) is 2. The molecule has 5 aromatic rings. The molecular formula is C20H17N5O6S. The maximum Gasteiger partial charge on any atom is 0.266 e. The fourth-order valence-corrected chi connectivity index (χ4v) is 4.55. The lowest BCUT2D eigenvalue weighted by molar-refractivity contribution is 0.400. The van der Waals surface area contributed by atoms with Crippen molar-refractivity contribution in [2.45, 2.75) is 11.4 Å². The molecule has 164 valence electrons. The number of fused-ring (bicyclic) bond motifs is 2. The summed E-state index contributed by atoms with van der Waals surface area (Å²) in [6.07, 6.45) is 4.92. The van der Waals surface area contributed by atoms with E-state index >= 15 is 0 Å². The molecule has 5 rings (SSSR count). The number of pyridine rings is 1. The lowest BCUT2D eigenvalue weighted by atomic mass is 10.2. The van der Waals surface area contributed by atoms with Gasteiger partial charge in [0, 0.05) is 29.9 Å². The lowest BCUT2D eigenvalue weighted by Crippen LogP contribution is -2.14. The molecule has 32 heavy (non-hydrogen) atoms. The van der Waals surface area contributed by atoms with Gasteiger partial charge in [0.15, 0.2) is 11.4 Å². The highest BCUT2D eigenvalue weighted by Crippen LogP contribution is 2.35. The second-order valence-corrected chi connectivity index (χ2v) is 8.45. The Labute approximate surface area is 181 Å². The Bertz CT molecular complexity index is 1520. The summed E-state index contributed by atoms with van der Waals surface area (Å²) in [5.41, 5.74) is 1.42. The van der Waals surface area contributed by atoms with Crippen molar-refractivity contribution in [1.29, 1.82) is 0 Å². The molecular weight excluding hydrogens is 438 g/mol. The molecule has 4 aromatic heterocycles. The average molecular weight is 455 g/mol. The fourth-order valence-electron chi connectivity index (χ4n) is 3.36. The van der Waals surface area contributed by atoms with Gasteiger partial charge in [-0.05, 0) is 18.2 Å². The predicted molar refractivity (Wildman–Crippen MR) is 113 cm³/mol. The number of hydrogen-bond donors (Lipinski definition) is 1. The molecule has 11 nitrogen and oxygen atoms in total. The highest BCUT2D eigenvalue weighted by atomic mass is 32.2. The minimum absolute atomic E-state index is 0.0515. The molecule has 12 heteroatoms. The van der Waals surface area contributed by atoms with Gasteiger partial charge in [-0.25, -0.2) is 13.4 Å². The van der Waals surface area contributed by atoms with E-state index in [1.54, 1.807) is 35.3 Å². The van der Waals surface area contributed by atoms with Crippen LogP contribution < -0.4 is 14.2 Å². The number of nitrogens with zero attached hydrogens (tertiary/aromatic N) is 4. The van der Waals surface area contributed by atoms with Crippen molar-refractivity contribution in [3.8, 4) is 11.6 Å². The highest BCUT2D eigenvalue weighted by molar-refractivity contribution is 7.92. The zero-order chi connectivity index (χ0) is 22.3. The van der Waals surface area contributed by atoms with Crippen molar-refractivity contribution < 1.29 is 26.8 Å². The molecule has 0 unspecified atom stereocenters. The number of methoxy groups -OCH3 is 2. The molecule has 0 atom stereocenters. The second kappa shape index (κ2) is 7.57. The van der Waals surface area contributed by atoms with E-state index in [4.69, 9.17) is 18.4 Å². The van der Waals surface area contributed by atoms with Crippen LogP contribution in [0, 0.1) is 0 Å². The van der Waals surface area contributed by atoms with Crippen molar-refractivity contribution >= 4 is 37.8 Å². The summed E-state index contributed by atoms with van der Waals surface area (Å²) in [6.45, 7) is 0.378. The topological polar surface area (TPSA) is 135 Å². The summed E-state index contributed by atoms with van der Waals surface area (Å²) in [7, 11) is -1.29. The Morgan fingerprint density at radius 2 is 2.03 bits per heavy atom.